The van der Waals surface area contributed by atoms with Crippen LogP contribution in [0.3, 0.4) is 0 Å². The number of piperidine rings is 1. The highest BCUT2D eigenvalue weighted by Crippen LogP contribution is 2.33. The SMILES string of the molecule is O=C1CCC(N2C(=O)c3ccc(OCC#Cc4ccc(OC5CC(Oc6ccc(-c7ccc8c(c7)[nH]c7ccncc78)cn6)C5)cn4)cc3C2=O)C(=O)N1. The van der Waals surface area contributed by atoms with Gasteiger partial charge in [0.15, 0.2) is 0 Å². The number of ether oxygens (including phenoxy) is 3. The summed E-state index contributed by atoms with van der Waals surface area (Å²) in [6.07, 6.45) is 8.73. The molecule has 0 radical (unpaired) electrons. The van der Waals surface area contributed by atoms with Crippen molar-refractivity contribution in [2.24, 2.45) is 0 Å². The molecule has 4 amide bonds. The van der Waals surface area contributed by atoms with Crippen LogP contribution >= 0.6 is 0 Å². The molecule has 13 nitrogen and oxygen atoms in total. The van der Waals surface area contributed by atoms with Crippen molar-refractivity contribution in [3.8, 4) is 40.3 Å². The lowest BCUT2D eigenvalue weighted by Gasteiger charge is -2.34. The van der Waals surface area contributed by atoms with Crippen molar-refractivity contribution < 1.29 is 33.4 Å². The zero-order chi connectivity index (χ0) is 36.8. The molecule has 2 aliphatic heterocycles. The third kappa shape index (κ3) is 6.23. The molecule has 0 bridgehead atoms. The number of nitrogens with one attached hydrogen (secondary N) is 2. The summed E-state index contributed by atoms with van der Waals surface area (Å²) in [6.45, 7) is 0.0115. The summed E-state index contributed by atoms with van der Waals surface area (Å²) in [5.41, 5.74) is 5.02. The molecule has 4 aromatic heterocycles. The number of imide groups is 2. The topological polar surface area (TPSA) is 166 Å². The summed E-state index contributed by atoms with van der Waals surface area (Å²) in [7, 11) is 0. The summed E-state index contributed by atoms with van der Waals surface area (Å²) < 4.78 is 17.9. The lowest BCUT2D eigenvalue weighted by atomic mass is 9.92. The predicted molar refractivity (Wildman–Crippen MR) is 195 cm³/mol. The van der Waals surface area contributed by atoms with Gasteiger partial charge in [0, 0.05) is 71.3 Å². The molecule has 13 heteroatoms. The van der Waals surface area contributed by atoms with Gasteiger partial charge in [0.2, 0.25) is 17.7 Å². The summed E-state index contributed by atoms with van der Waals surface area (Å²) in [4.78, 5) is 67.2. The molecule has 54 heavy (non-hydrogen) atoms. The van der Waals surface area contributed by atoms with Gasteiger partial charge in [-0.25, -0.2) is 9.97 Å². The van der Waals surface area contributed by atoms with Crippen molar-refractivity contribution in [2.45, 2.75) is 43.9 Å². The number of H-pyrrole nitrogens is 1. The Hall–Kier alpha value is -7.07. The van der Waals surface area contributed by atoms with E-state index in [0.717, 1.165) is 50.7 Å². The van der Waals surface area contributed by atoms with Crippen molar-refractivity contribution in [2.75, 3.05) is 6.61 Å². The zero-order valence-electron chi connectivity index (χ0n) is 28.6. The van der Waals surface area contributed by atoms with Crippen LogP contribution in [0.5, 0.6) is 17.4 Å². The minimum atomic E-state index is -1.03. The van der Waals surface area contributed by atoms with Gasteiger partial charge < -0.3 is 19.2 Å². The second-order valence-electron chi connectivity index (χ2n) is 13.3. The van der Waals surface area contributed by atoms with Gasteiger partial charge in [0.25, 0.3) is 11.8 Å². The molecule has 1 atom stereocenters. The monoisotopic (exact) mass is 718 g/mol. The van der Waals surface area contributed by atoms with E-state index in [1.54, 1.807) is 24.5 Å². The van der Waals surface area contributed by atoms with Gasteiger partial charge in [-0.2, -0.15) is 0 Å². The Bertz CT molecular complexity index is 2550. The van der Waals surface area contributed by atoms with Crippen molar-refractivity contribution in [3.63, 3.8) is 0 Å². The molecule has 2 aromatic carbocycles. The molecule has 266 valence electrons. The van der Waals surface area contributed by atoms with E-state index < -0.39 is 29.7 Å². The minimum absolute atomic E-state index is 0.00485. The summed E-state index contributed by atoms with van der Waals surface area (Å²) in [5.74, 6) is 5.13. The van der Waals surface area contributed by atoms with Crippen LogP contribution in [0.15, 0.2) is 91.5 Å². The fourth-order valence-electron chi connectivity index (χ4n) is 6.93. The molecule has 2 N–H and O–H groups in total. The maximum Gasteiger partial charge on any atom is 0.262 e. The number of aromatic nitrogens is 4. The summed E-state index contributed by atoms with van der Waals surface area (Å²) in [6, 6.07) is 19.3. The average Bonchev–Trinajstić information content (AvgIpc) is 3.66. The van der Waals surface area contributed by atoms with E-state index in [9.17, 15) is 19.2 Å². The van der Waals surface area contributed by atoms with Crippen molar-refractivity contribution in [1.82, 2.24) is 30.2 Å². The molecule has 3 aliphatic rings. The number of nitrogens with zero attached hydrogens (tertiary/aromatic N) is 4. The Kier molecular flexibility index (Phi) is 8.19. The highest BCUT2D eigenvalue weighted by Gasteiger charge is 2.44. The van der Waals surface area contributed by atoms with Crippen LogP contribution in [0.25, 0.3) is 32.9 Å². The fraction of sp³-hybridized carbons (Fsp3) is 0.195. The van der Waals surface area contributed by atoms with Gasteiger partial charge in [-0.3, -0.25) is 34.4 Å². The predicted octanol–water partition coefficient (Wildman–Crippen LogP) is 4.99. The Morgan fingerprint density at radius 1 is 0.759 bits per heavy atom. The quantitative estimate of drug-likeness (QED) is 0.162. The normalized spacial score (nSPS) is 19.2. The standard InChI is InChI=1S/C41H30N6O7/c48-37-11-10-36(39(49)46-37)47-40(50)31-9-7-26(19-32(31)41(47)51)52-15-1-2-25-5-6-27(21-43-25)53-28-17-29(18-28)54-38-12-4-24(20-44-38)23-3-8-30-33-22-42-14-13-34(33)45-35(30)16-23/h3-9,12-14,16,19-22,28-29,36,45H,10-11,15,17-18H2,(H,46,48,49). The molecule has 1 unspecified atom stereocenters. The van der Waals surface area contributed by atoms with E-state index in [0.29, 0.717) is 23.1 Å². The second-order valence-corrected chi connectivity index (χ2v) is 13.3. The lowest BCUT2D eigenvalue weighted by molar-refractivity contribution is -0.136. The number of carbonyl (C=O) groups excluding carboxylic acids is 4. The Balaban J connectivity index is 0.733. The van der Waals surface area contributed by atoms with Crippen molar-refractivity contribution in [3.05, 3.63) is 108 Å². The van der Waals surface area contributed by atoms with Gasteiger partial charge in [-0.15, -0.1) is 0 Å². The number of pyridine rings is 3. The third-order valence-electron chi connectivity index (χ3n) is 9.79. The molecule has 6 heterocycles. The molecule has 9 rings (SSSR count). The first-order valence-electron chi connectivity index (χ1n) is 17.4. The summed E-state index contributed by atoms with van der Waals surface area (Å²) >= 11 is 0. The number of hydrogen-bond donors (Lipinski definition) is 2. The molecule has 1 saturated carbocycles. The van der Waals surface area contributed by atoms with Crippen LogP contribution in [-0.4, -0.2) is 73.3 Å². The first kappa shape index (κ1) is 32.8. The smallest absolute Gasteiger partial charge is 0.262 e. The van der Waals surface area contributed by atoms with Crippen LogP contribution in [-0.2, 0) is 9.59 Å². The van der Waals surface area contributed by atoms with Gasteiger partial charge in [0.1, 0.15) is 42.0 Å². The third-order valence-corrected chi connectivity index (χ3v) is 9.79. The molecule has 1 saturated heterocycles. The van der Waals surface area contributed by atoms with Crippen LogP contribution in [0.2, 0.25) is 0 Å². The maximum absolute atomic E-state index is 13.0. The zero-order valence-corrected chi connectivity index (χ0v) is 28.6. The second kappa shape index (κ2) is 13.5. The lowest BCUT2D eigenvalue weighted by Crippen LogP contribution is -2.54. The molecular formula is C41H30N6O7. The Labute approximate surface area is 307 Å². The number of amides is 4. The van der Waals surface area contributed by atoms with Gasteiger partial charge in [-0.1, -0.05) is 18.1 Å². The van der Waals surface area contributed by atoms with Gasteiger partial charge >= 0.3 is 0 Å². The first-order valence-corrected chi connectivity index (χ1v) is 17.4. The maximum atomic E-state index is 13.0. The fourth-order valence-corrected chi connectivity index (χ4v) is 6.93. The highest BCUT2D eigenvalue weighted by molar-refractivity contribution is 6.23. The van der Waals surface area contributed by atoms with E-state index >= 15 is 0 Å². The van der Waals surface area contributed by atoms with E-state index in [4.69, 9.17) is 14.2 Å². The molecule has 0 spiro atoms. The van der Waals surface area contributed by atoms with Crippen molar-refractivity contribution >= 4 is 45.4 Å². The highest BCUT2D eigenvalue weighted by atomic mass is 16.5. The Morgan fingerprint density at radius 2 is 1.59 bits per heavy atom. The van der Waals surface area contributed by atoms with E-state index in [2.05, 4.69) is 55.3 Å². The molecule has 2 fully saturated rings. The number of fused-ring (bicyclic) bond motifs is 4. The average molecular weight is 719 g/mol. The summed E-state index contributed by atoms with van der Waals surface area (Å²) in [5, 5.41) is 4.42. The number of carbonyl (C=O) groups is 4. The van der Waals surface area contributed by atoms with E-state index in [1.807, 2.05) is 36.7 Å². The number of benzene rings is 2. The van der Waals surface area contributed by atoms with Gasteiger partial charge in [-0.05, 0) is 66.4 Å². The molecule has 6 aromatic rings. The minimum Gasteiger partial charge on any atom is -0.489 e. The number of hydrogen-bond acceptors (Lipinski definition) is 10. The Morgan fingerprint density at radius 3 is 2.41 bits per heavy atom. The van der Waals surface area contributed by atoms with Gasteiger partial charge in [0.05, 0.1) is 17.3 Å². The van der Waals surface area contributed by atoms with E-state index in [1.165, 1.54) is 12.1 Å². The number of aromatic amines is 1. The number of rotatable bonds is 8. The molecule has 1 aliphatic carbocycles. The largest absolute Gasteiger partial charge is 0.489 e. The van der Waals surface area contributed by atoms with Crippen LogP contribution in [0.1, 0.15) is 52.1 Å². The van der Waals surface area contributed by atoms with Crippen molar-refractivity contribution in [1.29, 1.82) is 0 Å². The van der Waals surface area contributed by atoms with Crippen LogP contribution in [0.4, 0.5) is 0 Å². The van der Waals surface area contributed by atoms with E-state index in [-0.39, 0.29) is 42.8 Å². The first-order chi connectivity index (χ1) is 26.4. The van der Waals surface area contributed by atoms with Crippen LogP contribution in [0, 0.1) is 11.8 Å². The van der Waals surface area contributed by atoms with Crippen LogP contribution < -0.4 is 19.5 Å². The molecular weight excluding hydrogens is 688 g/mol.